The number of carbonyl (C=O) groups is 3. The molecule has 27 heavy (non-hydrogen) atoms. The number of unbranched alkanes of at least 4 members (excludes halogenated alkanes) is 2. The van der Waals surface area contributed by atoms with Crippen LogP contribution >= 0.6 is 0 Å². The second-order valence-electron chi connectivity index (χ2n) is 5.88. The maximum absolute atomic E-state index is 12.5. The van der Waals surface area contributed by atoms with Gasteiger partial charge < -0.3 is 15.4 Å². The van der Waals surface area contributed by atoms with Crippen LogP contribution in [0.1, 0.15) is 57.4 Å². The van der Waals surface area contributed by atoms with Crippen LogP contribution in [0.25, 0.3) is 0 Å². The van der Waals surface area contributed by atoms with E-state index in [9.17, 15) is 14.4 Å². The highest BCUT2D eigenvalue weighted by Crippen LogP contribution is 2.17. The fourth-order valence-electron chi connectivity index (χ4n) is 2.44. The highest BCUT2D eigenvalue weighted by molar-refractivity contribution is 6.08. The molecule has 0 atom stereocenters. The van der Waals surface area contributed by atoms with Gasteiger partial charge in [0, 0.05) is 18.3 Å². The Morgan fingerprint density at radius 1 is 1.07 bits per heavy atom. The van der Waals surface area contributed by atoms with Crippen LogP contribution < -0.4 is 10.6 Å². The number of para-hydroxylation sites is 1. The Kier molecular flexibility index (Phi) is 7.49. The van der Waals surface area contributed by atoms with Gasteiger partial charge in [0.1, 0.15) is 5.69 Å². The molecule has 0 bridgehead atoms. The SMILES string of the molecule is CCCCCNC(=O)c1cc(C(=O)Nc2ccccc2C(=O)OC)ccn1. The van der Waals surface area contributed by atoms with E-state index in [1.165, 1.54) is 25.4 Å². The molecule has 1 aromatic carbocycles. The molecule has 0 fully saturated rings. The molecule has 0 aliphatic heterocycles. The van der Waals surface area contributed by atoms with Crippen molar-refractivity contribution >= 4 is 23.5 Å². The van der Waals surface area contributed by atoms with E-state index in [0.717, 1.165) is 19.3 Å². The van der Waals surface area contributed by atoms with E-state index in [4.69, 9.17) is 4.74 Å². The monoisotopic (exact) mass is 369 g/mol. The van der Waals surface area contributed by atoms with Gasteiger partial charge in [0.2, 0.25) is 0 Å². The normalized spacial score (nSPS) is 10.1. The van der Waals surface area contributed by atoms with Gasteiger partial charge in [0.15, 0.2) is 0 Å². The maximum Gasteiger partial charge on any atom is 0.339 e. The summed E-state index contributed by atoms with van der Waals surface area (Å²) >= 11 is 0. The lowest BCUT2D eigenvalue weighted by atomic mass is 10.1. The molecule has 1 aromatic heterocycles. The van der Waals surface area contributed by atoms with Crippen LogP contribution in [0, 0.1) is 0 Å². The average molecular weight is 369 g/mol. The average Bonchev–Trinajstić information content (AvgIpc) is 2.71. The second-order valence-corrected chi connectivity index (χ2v) is 5.88. The standard InChI is InChI=1S/C20H23N3O4/c1-3-4-7-11-22-19(25)17-13-14(10-12-21-17)18(24)23-16-9-6-5-8-15(16)20(26)27-2/h5-6,8-10,12-13H,3-4,7,11H2,1-2H3,(H,22,25)(H,23,24). The smallest absolute Gasteiger partial charge is 0.339 e. The number of hydrogen-bond donors (Lipinski definition) is 2. The topological polar surface area (TPSA) is 97.4 Å². The molecule has 1 heterocycles. The Hall–Kier alpha value is -3.22. The number of pyridine rings is 1. The molecular weight excluding hydrogens is 346 g/mol. The minimum absolute atomic E-state index is 0.167. The molecule has 2 N–H and O–H groups in total. The number of aromatic nitrogens is 1. The summed E-state index contributed by atoms with van der Waals surface area (Å²) < 4.78 is 4.72. The third-order valence-electron chi connectivity index (χ3n) is 3.90. The summed E-state index contributed by atoms with van der Waals surface area (Å²) in [5.41, 5.74) is 1.01. The number of nitrogens with zero attached hydrogens (tertiary/aromatic N) is 1. The van der Waals surface area contributed by atoms with Crippen molar-refractivity contribution < 1.29 is 19.1 Å². The zero-order chi connectivity index (χ0) is 19.6. The molecule has 0 saturated heterocycles. The fraction of sp³-hybridized carbons (Fsp3) is 0.300. The summed E-state index contributed by atoms with van der Waals surface area (Å²) in [4.78, 5) is 40.5. The van der Waals surface area contributed by atoms with Gasteiger partial charge in [0.05, 0.1) is 18.4 Å². The van der Waals surface area contributed by atoms with Gasteiger partial charge in [-0.3, -0.25) is 14.6 Å². The van der Waals surface area contributed by atoms with Crippen LogP contribution in [0.2, 0.25) is 0 Å². The number of ether oxygens (including phenoxy) is 1. The van der Waals surface area contributed by atoms with Crippen molar-refractivity contribution in [3.8, 4) is 0 Å². The van der Waals surface area contributed by atoms with Crippen LogP contribution in [0.5, 0.6) is 0 Å². The van der Waals surface area contributed by atoms with Gasteiger partial charge in [-0.15, -0.1) is 0 Å². The van der Waals surface area contributed by atoms with Crippen molar-refractivity contribution in [1.29, 1.82) is 0 Å². The molecule has 0 saturated carbocycles. The van der Waals surface area contributed by atoms with Crippen molar-refractivity contribution in [2.24, 2.45) is 0 Å². The van der Waals surface area contributed by atoms with Gasteiger partial charge in [-0.1, -0.05) is 31.9 Å². The van der Waals surface area contributed by atoms with E-state index in [1.54, 1.807) is 24.3 Å². The predicted octanol–water partition coefficient (Wildman–Crippen LogP) is 3.04. The number of hydrogen-bond acceptors (Lipinski definition) is 5. The van der Waals surface area contributed by atoms with Crippen LogP contribution in [0.4, 0.5) is 5.69 Å². The number of nitrogens with one attached hydrogen (secondary N) is 2. The fourth-order valence-corrected chi connectivity index (χ4v) is 2.44. The minimum atomic E-state index is -0.548. The summed E-state index contributed by atoms with van der Waals surface area (Å²) in [7, 11) is 1.27. The molecule has 7 heteroatoms. The summed E-state index contributed by atoms with van der Waals surface area (Å²) in [6.45, 7) is 2.65. The summed E-state index contributed by atoms with van der Waals surface area (Å²) in [6.07, 6.45) is 4.40. The van der Waals surface area contributed by atoms with Crippen LogP contribution in [0.15, 0.2) is 42.6 Å². The second kappa shape index (κ2) is 10.1. The van der Waals surface area contributed by atoms with E-state index in [2.05, 4.69) is 22.5 Å². The Morgan fingerprint density at radius 3 is 2.59 bits per heavy atom. The molecule has 0 radical (unpaired) electrons. The quantitative estimate of drug-likeness (QED) is 0.551. The first-order chi connectivity index (χ1) is 13.1. The van der Waals surface area contributed by atoms with E-state index < -0.39 is 11.9 Å². The number of methoxy groups -OCH3 is 1. The van der Waals surface area contributed by atoms with Crippen molar-refractivity contribution in [1.82, 2.24) is 10.3 Å². The lowest BCUT2D eigenvalue weighted by molar-refractivity contribution is 0.0601. The Morgan fingerprint density at radius 2 is 1.85 bits per heavy atom. The predicted molar refractivity (Wildman–Crippen MR) is 102 cm³/mol. The molecular formula is C20H23N3O4. The van der Waals surface area contributed by atoms with Gasteiger partial charge in [-0.2, -0.15) is 0 Å². The van der Waals surface area contributed by atoms with Gasteiger partial charge in [0.25, 0.3) is 11.8 Å². The Bertz CT molecular complexity index is 820. The molecule has 7 nitrogen and oxygen atoms in total. The summed E-state index contributed by atoms with van der Waals surface area (Å²) in [5, 5.41) is 5.46. The number of anilines is 1. The number of benzene rings is 1. The van der Waals surface area contributed by atoms with Crippen molar-refractivity contribution in [2.75, 3.05) is 19.0 Å². The van der Waals surface area contributed by atoms with Crippen molar-refractivity contribution in [2.45, 2.75) is 26.2 Å². The van der Waals surface area contributed by atoms with Crippen LogP contribution in [-0.4, -0.2) is 36.4 Å². The molecule has 2 aromatic rings. The first-order valence-electron chi connectivity index (χ1n) is 8.79. The van der Waals surface area contributed by atoms with Gasteiger partial charge >= 0.3 is 5.97 Å². The molecule has 2 rings (SSSR count). The molecule has 2 amide bonds. The first kappa shape index (κ1) is 20.1. The Labute approximate surface area is 158 Å². The third-order valence-corrected chi connectivity index (χ3v) is 3.90. The van der Waals surface area contributed by atoms with Crippen molar-refractivity contribution in [3.05, 3.63) is 59.4 Å². The lowest BCUT2D eigenvalue weighted by Crippen LogP contribution is -2.26. The molecule has 142 valence electrons. The lowest BCUT2D eigenvalue weighted by Gasteiger charge is -2.10. The molecule has 0 unspecified atom stereocenters. The number of carbonyl (C=O) groups excluding carboxylic acids is 3. The molecule has 0 aliphatic rings. The van der Waals surface area contributed by atoms with E-state index in [0.29, 0.717) is 12.2 Å². The van der Waals surface area contributed by atoms with Crippen molar-refractivity contribution in [3.63, 3.8) is 0 Å². The minimum Gasteiger partial charge on any atom is -0.465 e. The highest BCUT2D eigenvalue weighted by Gasteiger charge is 2.16. The third kappa shape index (κ3) is 5.64. The molecule has 0 spiro atoms. The number of amides is 2. The largest absolute Gasteiger partial charge is 0.465 e. The van der Waals surface area contributed by atoms with E-state index in [-0.39, 0.29) is 22.7 Å². The highest BCUT2D eigenvalue weighted by atomic mass is 16.5. The van der Waals surface area contributed by atoms with Gasteiger partial charge in [-0.25, -0.2) is 4.79 Å². The Balaban J connectivity index is 2.10. The van der Waals surface area contributed by atoms with E-state index in [1.807, 2.05) is 0 Å². The first-order valence-corrected chi connectivity index (χ1v) is 8.79. The van der Waals surface area contributed by atoms with Crippen LogP contribution in [-0.2, 0) is 4.74 Å². The number of rotatable bonds is 8. The van der Waals surface area contributed by atoms with Crippen LogP contribution in [0.3, 0.4) is 0 Å². The molecule has 0 aliphatic carbocycles. The summed E-state index contributed by atoms with van der Waals surface area (Å²) in [6, 6.07) is 9.46. The summed E-state index contributed by atoms with van der Waals surface area (Å²) in [5.74, 6) is -1.32. The zero-order valence-corrected chi connectivity index (χ0v) is 15.5. The zero-order valence-electron chi connectivity index (χ0n) is 15.5. The number of esters is 1. The van der Waals surface area contributed by atoms with E-state index >= 15 is 0 Å². The maximum atomic E-state index is 12.5. The van der Waals surface area contributed by atoms with Gasteiger partial charge in [-0.05, 0) is 30.7 Å².